The standard InChI is InChI=1S/C9H15N3O4/c1-8(2)15-6-5(4-11-12-10)14-9(3,13)7(6)16-8/h5-7,13H,4H2,1-3H3. The van der Waals surface area contributed by atoms with E-state index in [0.717, 1.165) is 0 Å². The Labute approximate surface area is 92.9 Å². The van der Waals surface area contributed by atoms with Crippen LogP contribution in [0.3, 0.4) is 0 Å². The predicted molar refractivity (Wildman–Crippen MR) is 53.3 cm³/mol. The Kier molecular flexibility index (Phi) is 2.60. The van der Waals surface area contributed by atoms with Crippen molar-refractivity contribution in [3.8, 4) is 0 Å². The van der Waals surface area contributed by atoms with Crippen LogP contribution in [0, 0.1) is 0 Å². The summed E-state index contributed by atoms with van der Waals surface area (Å²) in [5, 5.41) is 13.4. The van der Waals surface area contributed by atoms with Gasteiger partial charge in [-0.1, -0.05) is 5.11 Å². The summed E-state index contributed by atoms with van der Waals surface area (Å²) >= 11 is 0. The van der Waals surface area contributed by atoms with Crippen molar-refractivity contribution in [3.05, 3.63) is 10.4 Å². The van der Waals surface area contributed by atoms with E-state index in [1.807, 2.05) is 0 Å². The predicted octanol–water partition coefficient (Wildman–Crippen LogP) is 0.924. The van der Waals surface area contributed by atoms with E-state index in [4.69, 9.17) is 19.7 Å². The maximum Gasteiger partial charge on any atom is 0.192 e. The first-order chi connectivity index (χ1) is 7.36. The van der Waals surface area contributed by atoms with Gasteiger partial charge >= 0.3 is 0 Å². The molecule has 4 unspecified atom stereocenters. The zero-order valence-corrected chi connectivity index (χ0v) is 9.45. The minimum Gasteiger partial charge on any atom is -0.364 e. The zero-order valence-electron chi connectivity index (χ0n) is 9.45. The fourth-order valence-electron chi connectivity index (χ4n) is 2.17. The van der Waals surface area contributed by atoms with Crippen LogP contribution in [0.5, 0.6) is 0 Å². The van der Waals surface area contributed by atoms with E-state index in [0.29, 0.717) is 0 Å². The quantitative estimate of drug-likeness (QED) is 0.432. The van der Waals surface area contributed by atoms with E-state index >= 15 is 0 Å². The molecule has 0 saturated carbocycles. The molecule has 0 amide bonds. The summed E-state index contributed by atoms with van der Waals surface area (Å²) < 4.78 is 16.5. The van der Waals surface area contributed by atoms with Crippen LogP contribution < -0.4 is 0 Å². The number of aliphatic hydroxyl groups is 1. The zero-order chi connectivity index (χ0) is 12.0. The molecule has 7 heteroatoms. The number of hydrogen-bond acceptors (Lipinski definition) is 5. The Morgan fingerprint density at radius 2 is 2.00 bits per heavy atom. The van der Waals surface area contributed by atoms with Crippen molar-refractivity contribution in [1.82, 2.24) is 0 Å². The fourth-order valence-corrected chi connectivity index (χ4v) is 2.17. The molecule has 2 fully saturated rings. The molecular formula is C9H15N3O4. The molecule has 0 bridgehead atoms. The lowest BCUT2D eigenvalue weighted by Gasteiger charge is -2.26. The summed E-state index contributed by atoms with van der Waals surface area (Å²) in [5.41, 5.74) is 8.27. The third kappa shape index (κ3) is 1.88. The van der Waals surface area contributed by atoms with Gasteiger partial charge in [-0.25, -0.2) is 0 Å². The Morgan fingerprint density at radius 3 is 2.62 bits per heavy atom. The highest BCUT2D eigenvalue weighted by Crippen LogP contribution is 2.42. The van der Waals surface area contributed by atoms with Crippen molar-refractivity contribution in [3.63, 3.8) is 0 Å². The average Bonchev–Trinajstić information content (AvgIpc) is 2.58. The Balaban J connectivity index is 2.17. The number of nitrogens with zero attached hydrogens (tertiary/aromatic N) is 3. The first-order valence-corrected chi connectivity index (χ1v) is 5.12. The molecule has 16 heavy (non-hydrogen) atoms. The van der Waals surface area contributed by atoms with Gasteiger partial charge in [0.05, 0.1) is 12.6 Å². The molecule has 0 aromatic carbocycles. The summed E-state index contributed by atoms with van der Waals surface area (Å²) in [4.78, 5) is 2.66. The van der Waals surface area contributed by atoms with Crippen LogP contribution in [-0.4, -0.2) is 41.5 Å². The van der Waals surface area contributed by atoms with Crippen LogP contribution in [0.15, 0.2) is 5.11 Å². The molecule has 2 heterocycles. The molecule has 7 nitrogen and oxygen atoms in total. The molecule has 2 saturated heterocycles. The summed E-state index contributed by atoms with van der Waals surface area (Å²) in [6.07, 6.45) is -1.44. The second-order valence-electron chi connectivity index (χ2n) is 4.65. The van der Waals surface area contributed by atoms with E-state index in [-0.39, 0.29) is 6.54 Å². The van der Waals surface area contributed by atoms with Crippen LogP contribution in [0.2, 0.25) is 0 Å². The minimum atomic E-state index is -1.41. The first-order valence-electron chi connectivity index (χ1n) is 5.12. The highest BCUT2D eigenvalue weighted by atomic mass is 16.8. The number of fused-ring (bicyclic) bond motifs is 1. The molecule has 4 atom stereocenters. The molecule has 90 valence electrons. The van der Waals surface area contributed by atoms with Gasteiger partial charge < -0.3 is 19.3 Å². The lowest BCUT2D eigenvalue weighted by Crippen LogP contribution is -2.40. The van der Waals surface area contributed by atoms with E-state index in [9.17, 15) is 5.11 Å². The number of hydrogen-bond donors (Lipinski definition) is 1. The van der Waals surface area contributed by atoms with Crippen LogP contribution in [0.1, 0.15) is 20.8 Å². The Hall–Kier alpha value is -0.850. The van der Waals surface area contributed by atoms with Crippen LogP contribution in [0.25, 0.3) is 10.4 Å². The molecule has 0 spiro atoms. The molecule has 0 aromatic rings. The van der Waals surface area contributed by atoms with Gasteiger partial charge in [-0.2, -0.15) is 0 Å². The van der Waals surface area contributed by atoms with Crippen molar-refractivity contribution < 1.29 is 19.3 Å². The third-order valence-electron chi connectivity index (χ3n) is 2.74. The van der Waals surface area contributed by atoms with Gasteiger partial charge in [0.25, 0.3) is 0 Å². The van der Waals surface area contributed by atoms with E-state index in [1.165, 1.54) is 6.92 Å². The molecular weight excluding hydrogens is 214 g/mol. The molecule has 0 radical (unpaired) electrons. The van der Waals surface area contributed by atoms with Crippen molar-refractivity contribution in [2.75, 3.05) is 6.54 Å². The molecule has 2 aliphatic rings. The van der Waals surface area contributed by atoms with Gasteiger partial charge in [0.2, 0.25) is 0 Å². The van der Waals surface area contributed by atoms with Gasteiger partial charge in [-0.3, -0.25) is 0 Å². The van der Waals surface area contributed by atoms with Gasteiger partial charge in [0.1, 0.15) is 12.2 Å². The molecule has 2 aliphatic heterocycles. The van der Waals surface area contributed by atoms with Crippen LogP contribution in [0.4, 0.5) is 0 Å². The lowest BCUT2D eigenvalue weighted by atomic mass is 10.1. The van der Waals surface area contributed by atoms with Crippen molar-refractivity contribution in [2.45, 2.75) is 50.7 Å². The molecule has 2 rings (SSSR count). The van der Waals surface area contributed by atoms with E-state index in [2.05, 4.69) is 10.0 Å². The van der Waals surface area contributed by atoms with Crippen LogP contribution >= 0.6 is 0 Å². The smallest absolute Gasteiger partial charge is 0.192 e. The third-order valence-corrected chi connectivity index (χ3v) is 2.74. The van der Waals surface area contributed by atoms with Crippen LogP contribution in [-0.2, 0) is 14.2 Å². The highest BCUT2D eigenvalue weighted by molar-refractivity contribution is 5.00. The fraction of sp³-hybridized carbons (Fsp3) is 1.00. The maximum atomic E-state index is 10.0. The second kappa shape index (κ2) is 3.58. The Bertz CT molecular complexity index is 338. The molecule has 0 aliphatic carbocycles. The summed E-state index contributed by atoms with van der Waals surface area (Å²) in [7, 11) is 0. The van der Waals surface area contributed by atoms with Crippen molar-refractivity contribution in [1.29, 1.82) is 0 Å². The van der Waals surface area contributed by atoms with Gasteiger partial charge in [0, 0.05) is 4.91 Å². The SMILES string of the molecule is CC1(C)OC2C(CN=[N+]=[N-])OC(C)(O)C2O1. The summed E-state index contributed by atoms with van der Waals surface area (Å²) in [6, 6.07) is 0. The number of rotatable bonds is 2. The Morgan fingerprint density at radius 1 is 1.31 bits per heavy atom. The average molecular weight is 229 g/mol. The van der Waals surface area contributed by atoms with E-state index < -0.39 is 29.9 Å². The maximum absolute atomic E-state index is 10.0. The lowest BCUT2D eigenvalue weighted by molar-refractivity contribution is -0.264. The monoisotopic (exact) mass is 229 g/mol. The number of azide groups is 1. The van der Waals surface area contributed by atoms with Gasteiger partial charge in [-0.15, -0.1) is 0 Å². The highest BCUT2D eigenvalue weighted by Gasteiger charge is 2.60. The van der Waals surface area contributed by atoms with Crippen molar-refractivity contribution in [2.24, 2.45) is 5.11 Å². The largest absolute Gasteiger partial charge is 0.364 e. The molecule has 1 N–H and O–H groups in total. The normalized spacial score (nSPS) is 45.1. The molecule has 0 aromatic heterocycles. The van der Waals surface area contributed by atoms with E-state index in [1.54, 1.807) is 13.8 Å². The first kappa shape index (κ1) is 11.6. The summed E-state index contributed by atoms with van der Waals surface area (Å²) in [6.45, 7) is 5.18. The number of ether oxygens (including phenoxy) is 3. The second-order valence-corrected chi connectivity index (χ2v) is 4.65. The van der Waals surface area contributed by atoms with Gasteiger partial charge in [-0.05, 0) is 26.3 Å². The van der Waals surface area contributed by atoms with Gasteiger partial charge in [0.15, 0.2) is 11.6 Å². The topological polar surface area (TPSA) is 96.7 Å². The van der Waals surface area contributed by atoms with Crippen molar-refractivity contribution >= 4 is 0 Å². The minimum absolute atomic E-state index is 0.118. The summed E-state index contributed by atoms with van der Waals surface area (Å²) in [5.74, 6) is -2.16.